The highest BCUT2D eigenvalue weighted by molar-refractivity contribution is 6.30. The molecular formula is C23H26ClN4O2+. The van der Waals surface area contributed by atoms with Crippen LogP contribution in [-0.4, -0.2) is 50.8 Å². The number of amides is 1. The smallest absolute Gasteiger partial charge is 0.279 e. The van der Waals surface area contributed by atoms with Crippen molar-refractivity contribution >= 4 is 39.8 Å². The number of quaternary nitrogens is 1. The summed E-state index contributed by atoms with van der Waals surface area (Å²) in [5.41, 5.74) is 3.77. The highest BCUT2D eigenvalue weighted by Gasteiger charge is 2.15. The molecule has 3 aromatic rings. The molecule has 0 saturated carbocycles. The highest BCUT2D eigenvalue weighted by atomic mass is 35.5. The molecule has 0 aliphatic carbocycles. The fourth-order valence-electron chi connectivity index (χ4n) is 3.70. The Morgan fingerprint density at radius 2 is 1.90 bits per heavy atom. The van der Waals surface area contributed by atoms with Crippen molar-refractivity contribution < 1.29 is 14.4 Å². The average Bonchev–Trinajstić information content (AvgIpc) is 2.75. The predicted octanol–water partition coefficient (Wildman–Crippen LogP) is 2.38. The number of nitrogens with zero attached hydrogens (tertiary/aromatic N) is 2. The van der Waals surface area contributed by atoms with E-state index in [1.165, 1.54) is 0 Å². The second-order valence-corrected chi connectivity index (χ2v) is 7.99. The number of hydrogen-bond acceptors (Lipinski definition) is 4. The molecule has 1 atom stereocenters. The second kappa shape index (κ2) is 9.43. The number of para-hydroxylation sites is 1. The van der Waals surface area contributed by atoms with Gasteiger partial charge in [0.15, 0.2) is 6.54 Å². The number of hydrogen-bond donors (Lipinski definition) is 2. The largest absolute Gasteiger partial charge is 0.378 e. The number of benzene rings is 2. The standard InChI is InChI=1S/C23H25ClN4O2/c1-27(15-18-14-17-4-2-3-5-21(17)26-23(18)24)16-22(29)25-19-6-8-20(9-7-19)28-10-12-30-13-11-28/h2-9,14H,10-13,15-16H2,1H3,(H,25,29)/p+1. The van der Waals surface area contributed by atoms with E-state index in [1.807, 2.05) is 55.6 Å². The summed E-state index contributed by atoms with van der Waals surface area (Å²) in [5.74, 6) is -0.0310. The number of morpholine rings is 1. The van der Waals surface area contributed by atoms with Crippen LogP contribution in [0.3, 0.4) is 0 Å². The van der Waals surface area contributed by atoms with E-state index < -0.39 is 0 Å². The van der Waals surface area contributed by atoms with Gasteiger partial charge in [0, 0.05) is 35.4 Å². The number of anilines is 2. The van der Waals surface area contributed by atoms with Gasteiger partial charge >= 0.3 is 0 Å². The van der Waals surface area contributed by atoms with Crippen LogP contribution in [0.5, 0.6) is 0 Å². The van der Waals surface area contributed by atoms with Gasteiger partial charge in [-0.05, 0) is 36.4 Å². The van der Waals surface area contributed by atoms with Gasteiger partial charge in [0.1, 0.15) is 11.7 Å². The predicted molar refractivity (Wildman–Crippen MR) is 120 cm³/mol. The Balaban J connectivity index is 1.33. The van der Waals surface area contributed by atoms with Crippen molar-refractivity contribution in [2.45, 2.75) is 6.54 Å². The number of carbonyl (C=O) groups excluding carboxylic acids is 1. The second-order valence-electron chi connectivity index (χ2n) is 7.64. The zero-order valence-corrected chi connectivity index (χ0v) is 17.8. The van der Waals surface area contributed by atoms with Crippen molar-refractivity contribution in [1.29, 1.82) is 0 Å². The molecule has 2 N–H and O–H groups in total. The number of rotatable bonds is 6. The Labute approximate surface area is 181 Å². The number of halogens is 1. The summed E-state index contributed by atoms with van der Waals surface area (Å²) in [7, 11) is 1.98. The van der Waals surface area contributed by atoms with Gasteiger partial charge in [-0.25, -0.2) is 4.98 Å². The van der Waals surface area contributed by atoms with Gasteiger partial charge < -0.3 is 19.9 Å². The van der Waals surface area contributed by atoms with Crippen LogP contribution in [0.15, 0.2) is 54.6 Å². The third kappa shape index (κ3) is 5.08. The normalized spacial score (nSPS) is 15.2. The summed E-state index contributed by atoms with van der Waals surface area (Å²) in [6, 6.07) is 17.9. The maximum atomic E-state index is 12.5. The lowest BCUT2D eigenvalue weighted by atomic mass is 10.1. The lowest BCUT2D eigenvalue weighted by Gasteiger charge is -2.28. The fourth-order valence-corrected chi connectivity index (χ4v) is 3.92. The topological polar surface area (TPSA) is 58.9 Å². The first-order chi connectivity index (χ1) is 14.6. The van der Waals surface area contributed by atoms with E-state index in [2.05, 4.69) is 21.3 Å². The minimum atomic E-state index is -0.0310. The number of fused-ring (bicyclic) bond motifs is 1. The summed E-state index contributed by atoms with van der Waals surface area (Å²) in [5, 5.41) is 4.52. The van der Waals surface area contributed by atoms with Gasteiger partial charge in [-0.2, -0.15) is 0 Å². The van der Waals surface area contributed by atoms with Crippen LogP contribution in [-0.2, 0) is 16.1 Å². The van der Waals surface area contributed by atoms with Crippen LogP contribution < -0.4 is 15.1 Å². The SMILES string of the molecule is C[NH+](CC(=O)Nc1ccc(N2CCOCC2)cc1)Cc1cc2ccccc2nc1Cl. The van der Waals surface area contributed by atoms with Gasteiger partial charge in [-0.1, -0.05) is 29.8 Å². The molecule has 0 bridgehead atoms. The Morgan fingerprint density at radius 3 is 2.67 bits per heavy atom. The van der Waals surface area contributed by atoms with E-state index in [9.17, 15) is 4.79 Å². The van der Waals surface area contributed by atoms with Gasteiger partial charge in [0.05, 0.1) is 25.8 Å². The fraction of sp³-hybridized carbons (Fsp3) is 0.304. The minimum Gasteiger partial charge on any atom is -0.378 e. The maximum Gasteiger partial charge on any atom is 0.279 e. The van der Waals surface area contributed by atoms with E-state index in [0.717, 1.165) is 59.0 Å². The van der Waals surface area contributed by atoms with Crippen molar-refractivity contribution in [2.24, 2.45) is 0 Å². The van der Waals surface area contributed by atoms with Crippen LogP contribution in [0.25, 0.3) is 10.9 Å². The summed E-state index contributed by atoms with van der Waals surface area (Å²) < 4.78 is 5.39. The molecule has 156 valence electrons. The summed E-state index contributed by atoms with van der Waals surface area (Å²) in [4.78, 5) is 20.3. The first kappa shape index (κ1) is 20.6. The van der Waals surface area contributed by atoms with Crippen LogP contribution >= 0.6 is 11.6 Å². The Hall–Kier alpha value is -2.67. The number of pyridine rings is 1. The molecule has 1 amide bonds. The Morgan fingerprint density at radius 1 is 1.17 bits per heavy atom. The van der Waals surface area contributed by atoms with Crippen LogP contribution in [0, 0.1) is 0 Å². The molecule has 1 fully saturated rings. The van der Waals surface area contributed by atoms with Crippen LogP contribution in [0.4, 0.5) is 11.4 Å². The van der Waals surface area contributed by atoms with E-state index in [0.29, 0.717) is 18.2 Å². The molecule has 1 aromatic heterocycles. The van der Waals surface area contributed by atoms with Crippen LogP contribution in [0.1, 0.15) is 5.56 Å². The molecule has 1 aliphatic heterocycles. The summed E-state index contributed by atoms with van der Waals surface area (Å²) >= 11 is 6.36. The molecule has 7 heteroatoms. The van der Waals surface area contributed by atoms with E-state index >= 15 is 0 Å². The molecule has 0 radical (unpaired) electrons. The molecule has 0 spiro atoms. The van der Waals surface area contributed by atoms with Crippen molar-refractivity contribution in [3.8, 4) is 0 Å². The molecule has 30 heavy (non-hydrogen) atoms. The highest BCUT2D eigenvalue weighted by Crippen LogP contribution is 2.20. The quantitative estimate of drug-likeness (QED) is 0.595. The van der Waals surface area contributed by atoms with Crippen LogP contribution in [0.2, 0.25) is 5.15 Å². The molecule has 2 heterocycles. The van der Waals surface area contributed by atoms with E-state index in [-0.39, 0.29) is 5.91 Å². The Bertz CT molecular complexity index is 1020. The first-order valence-corrected chi connectivity index (χ1v) is 10.5. The van der Waals surface area contributed by atoms with Gasteiger partial charge in [-0.3, -0.25) is 4.79 Å². The maximum absolute atomic E-state index is 12.5. The number of carbonyl (C=O) groups is 1. The number of nitrogens with one attached hydrogen (secondary N) is 2. The number of likely N-dealkylation sites (N-methyl/N-ethyl adjacent to an activating group) is 1. The van der Waals surface area contributed by atoms with Gasteiger partial charge in [0.2, 0.25) is 0 Å². The third-order valence-corrected chi connectivity index (χ3v) is 5.56. The average molecular weight is 426 g/mol. The third-order valence-electron chi connectivity index (χ3n) is 5.23. The lowest BCUT2D eigenvalue weighted by molar-refractivity contribution is -0.885. The van der Waals surface area contributed by atoms with E-state index in [1.54, 1.807) is 0 Å². The minimum absolute atomic E-state index is 0.0310. The molecule has 1 aliphatic rings. The van der Waals surface area contributed by atoms with Crippen molar-refractivity contribution in [3.05, 3.63) is 65.3 Å². The Kier molecular flexibility index (Phi) is 6.47. The van der Waals surface area contributed by atoms with Crippen molar-refractivity contribution in [1.82, 2.24) is 4.98 Å². The monoisotopic (exact) mass is 425 g/mol. The van der Waals surface area contributed by atoms with Crippen molar-refractivity contribution in [3.63, 3.8) is 0 Å². The zero-order chi connectivity index (χ0) is 20.9. The molecule has 2 aromatic carbocycles. The molecule has 1 saturated heterocycles. The van der Waals surface area contributed by atoms with Gasteiger partial charge in [-0.15, -0.1) is 0 Å². The van der Waals surface area contributed by atoms with Gasteiger partial charge in [0.25, 0.3) is 5.91 Å². The van der Waals surface area contributed by atoms with E-state index in [4.69, 9.17) is 16.3 Å². The summed E-state index contributed by atoms with van der Waals surface area (Å²) in [6.07, 6.45) is 0. The number of ether oxygens (including phenoxy) is 1. The van der Waals surface area contributed by atoms with Crippen molar-refractivity contribution in [2.75, 3.05) is 50.1 Å². The molecule has 6 nitrogen and oxygen atoms in total. The summed E-state index contributed by atoms with van der Waals surface area (Å²) in [6.45, 7) is 4.27. The lowest BCUT2D eigenvalue weighted by Crippen LogP contribution is -3.08. The molecule has 4 rings (SSSR count). The number of aromatic nitrogens is 1. The molecular weight excluding hydrogens is 400 g/mol. The first-order valence-electron chi connectivity index (χ1n) is 10.2. The zero-order valence-electron chi connectivity index (χ0n) is 17.0. The molecule has 1 unspecified atom stereocenters.